The summed E-state index contributed by atoms with van der Waals surface area (Å²) < 4.78 is 40.8. The Balaban J connectivity index is 1.56. The fraction of sp³-hybridized carbons (Fsp3) is 0.688. The van der Waals surface area contributed by atoms with Gasteiger partial charge < -0.3 is 15.3 Å². The fourth-order valence-electron chi connectivity index (χ4n) is 3.67. The van der Waals surface area contributed by atoms with Crippen LogP contribution in [0.25, 0.3) is 0 Å². The number of carboxylic acids is 1. The number of hydrogen-bond acceptors (Lipinski definition) is 3. The Morgan fingerprint density at radius 1 is 1.27 bits per heavy atom. The zero-order valence-corrected chi connectivity index (χ0v) is 14.1. The van der Waals surface area contributed by atoms with Gasteiger partial charge in [-0.15, -0.1) is 0 Å². The summed E-state index contributed by atoms with van der Waals surface area (Å²) in [5.74, 6) is -5.23. The molecule has 1 aromatic heterocycles. The smallest absolute Gasteiger partial charge is 0.394 e. The summed E-state index contributed by atoms with van der Waals surface area (Å²) in [6.45, 7) is -1.02. The molecule has 0 radical (unpaired) electrons. The number of nitrogens with one attached hydrogen (secondary N) is 1. The van der Waals surface area contributed by atoms with Crippen molar-refractivity contribution in [2.24, 2.45) is 11.8 Å². The van der Waals surface area contributed by atoms with E-state index in [9.17, 15) is 22.8 Å². The summed E-state index contributed by atoms with van der Waals surface area (Å²) in [6, 6.07) is 1.42. The summed E-state index contributed by atoms with van der Waals surface area (Å²) >= 11 is 0. The van der Waals surface area contributed by atoms with Gasteiger partial charge in [0.05, 0.1) is 30.1 Å². The number of carboxylic acid groups (broad SMARTS) is 1. The van der Waals surface area contributed by atoms with Gasteiger partial charge in [0, 0.05) is 19.3 Å². The van der Waals surface area contributed by atoms with Crippen LogP contribution in [-0.4, -0.2) is 51.1 Å². The predicted octanol–water partition coefficient (Wildman–Crippen LogP) is 2.40. The second kappa shape index (κ2) is 7.16. The molecule has 1 aliphatic heterocycles. The van der Waals surface area contributed by atoms with E-state index in [4.69, 9.17) is 5.11 Å². The van der Waals surface area contributed by atoms with Crippen molar-refractivity contribution in [3.63, 3.8) is 0 Å². The van der Waals surface area contributed by atoms with Crippen LogP contribution in [0.3, 0.4) is 0 Å². The lowest BCUT2D eigenvalue weighted by Crippen LogP contribution is -2.39. The lowest BCUT2D eigenvalue weighted by Gasteiger charge is -2.18. The minimum Gasteiger partial charge on any atom is -0.481 e. The van der Waals surface area contributed by atoms with Crippen LogP contribution in [0.2, 0.25) is 0 Å². The first-order valence-corrected chi connectivity index (χ1v) is 8.62. The average Bonchev–Trinajstić information content (AvgIpc) is 3.30. The number of aromatic nitrogens is 2. The molecule has 2 amide bonds. The van der Waals surface area contributed by atoms with Gasteiger partial charge in [0.25, 0.3) is 0 Å². The largest absolute Gasteiger partial charge is 0.481 e. The van der Waals surface area contributed by atoms with E-state index in [-0.39, 0.29) is 6.54 Å². The minimum absolute atomic E-state index is 0.0868. The fourth-order valence-corrected chi connectivity index (χ4v) is 3.67. The van der Waals surface area contributed by atoms with Crippen molar-refractivity contribution < 1.29 is 27.9 Å². The zero-order chi connectivity index (χ0) is 18.9. The van der Waals surface area contributed by atoms with Crippen molar-refractivity contribution in [1.82, 2.24) is 20.0 Å². The molecule has 1 saturated carbocycles. The molecule has 0 spiro atoms. The highest BCUT2D eigenvalue weighted by atomic mass is 19.4. The second-order valence-corrected chi connectivity index (χ2v) is 6.88. The van der Waals surface area contributed by atoms with E-state index in [1.807, 2.05) is 10.9 Å². The molecule has 26 heavy (non-hydrogen) atoms. The Morgan fingerprint density at radius 2 is 1.96 bits per heavy atom. The van der Waals surface area contributed by atoms with E-state index in [1.54, 1.807) is 6.07 Å². The topological polar surface area (TPSA) is 87.5 Å². The van der Waals surface area contributed by atoms with Gasteiger partial charge in [0.1, 0.15) is 0 Å². The molecule has 0 aromatic carbocycles. The Bertz CT molecular complexity index is 670. The molecule has 10 heteroatoms. The SMILES string of the molecule is O=C(O)[C@@H]1CN(C(=O)NCc2ccn(C3CCCC3)n2)C[C@H]1C(F)(F)F. The first kappa shape index (κ1) is 18.5. The summed E-state index contributed by atoms with van der Waals surface area (Å²) in [6.07, 6.45) is 1.65. The molecule has 2 heterocycles. The average molecular weight is 374 g/mol. The Morgan fingerprint density at radius 3 is 2.54 bits per heavy atom. The third-order valence-corrected chi connectivity index (χ3v) is 5.13. The number of amides is 2. The van der Waals surface area contributed by atoms with Crippen LogP contribution >= 0.6 is 0 Å². The number of rotatable bonds is 4. The maximum absolute atomic E-state index is 13.0. The van der Waals surface area contributed by atoms with E-state index in [0.717, 1.165) is 30.6 Å². The molecule has 144 valence electrons. The highest BCUT2D eigenvalue weighted by Crippen LogP contribution is 2.37. The van der Waals surface area contributed by atoms with Crippen molar-refractivity contribution in [3.05, 3.63) is 18.0 Å². The van der Waals surface area contributed by atoms with Gasteiger partial charge >= 0.3 is 18.2 Å². The molecule has 3 rings (SSSR count). The molecule has 0 unspecified atom stereocenters. The third kappa shape index (κ3) is 3.94. The highest BCUT2D eigenvalue weighted by molar-refractivity contribution is 5.77. The molecule has 2 fully saturated rings. The summed E-state index contributed by atoms with van der Waals surface area (Å²) in [5.41, 5.74) is 0.617. The van der Waals surface area contributed by atoms with Crippen molar-refractivity contribution in [2.75, 3.05) is 13.1 Å². The number of hydrogen-bond donors (Lipinski definition) is 2. The van der Waals surface area contributed by atoms with Crippen LogP contribution in [0.5, 0.6) is 0 Å². The third-order valence-electron chi connectivity index (χ3n) is 5.13. The molecule has 2 N–H and O–H groups in total. The Labute approximate surface area is 148 Å². The molecular formula is C16H21F3N4O3. The first-order valence-electron chi connectivity index (χ1n) is 8.62. The number of carbonyl (C=O) groups excluding carboxylic acids is 1. The molecule has 7 nitrogen and oxygen atoms in total. The normalized spacial score (nSPS) is 24.2. The van der Waals surface area contributed by atoms with Gasteiger partial charge in [0.2, 0.25) is 0 Å². The summed E-state index contributed by atoms with van der Waals surface area (Å²) in [7, 11) is 0. The zero-order valence-electron chi connectivity index (χ0n) is 14.1. The van der Waals surface area contributed by atoms with Crippen LogP contribution < -0.4 is 5.32 Å². The Kier molecular flexibility index (Phi) is 5.10. The van der Waals surface area contributed by atoms with E-state index in [2.05, 4.69) is 10.4 Å². The summed E-state index contributed by atoms with van der Waals surface area (Å²) in [4.78, 5) is 24.1. The van der Waals surface area contributed by atoms with E-state index in [1.165, 1.54) is 0 Å². The maximum Gasteiger partial charge on any atom is 0.394 e. The van der Waals surface area contributed by atoms with Crippen LogP contribution in [0, 0.1) is 11.8 Å². The van der Waals surface area contributed by atoms with Crippen LogP contribution in [0.15, 0.2) is 12.3 Å². The van der Waals surface area contributed by atoms with Crippen LogP contribution in [0.4, 0.5) is 18.0 Å². The number of aliphatic carboxylic acids is 1. The highest BCUT2D eigenvalue weighted by Gasteiger charge is 2.53. The predicted molar refractivity (Wildman–Crippen MR) is 84.2 cm³/mol. The minimum atomic E-state index is -4.65. The standard InChI is InChI=1S/C16H21F3N4O3/c17-16(18,19)13-9-22(8-12(13)14(24)25)15(26)20-7-10-5-6-23(21-10)11-3-1-2-4-11/h5-6,11-13H,1-4,7-9H2,(H,20,26)(H,24,25)/t12-,13-/m1/s1. The molecule has 2 atom stereocenters. The van der Waals surface area contributed by atoms with Gasteiger partial charge in [-0.25, -0.2) is 4.79 Å². The lowest BCUT2D eigenvalue weighted by molar-refractivity contribution is -0.187. The molecule has 2 aliphatic rings. The number of alkyl halides is 3. The van der Waals surface area contributed by atoms with Crippen LogP contribution in [-0.2, 0) is 11.3 Å². The second-order valence-electron chi connectivity index (χ2n) is 6.88. The van der Waals surface area contributed by atoms with E-state index < -0.39 is 43.1 Å². The van der Waals surface area contributed by atoms with Crippen molar-refractivity contribution in [2.45, 2.75) is 44.4 Å². The number of halogens is 3. The molecule has 1 aliphatic carbocycles. The number of urea groups is 1. The molecule has 0 bridgehead atoms. The van der Waals surface area contributed by atoms with Crippen molar-refractivity contribution in [1.29, 1.82) is 0 Å². The van der Waals surface area contributed by atoms with Crippen molar-refractivity contribution in [3.8, 4) is 0 Å². The first-order chi connectivity index (χ1) is 12.3. The molecule has 1 saturated heterocycles. The monoisotopic (exact) mass is 374 g/mol. The van der Waals surface area contributed by atoms with Gasteiger partial charge in [0.15, 0.2) is 0 Å². The number of likely N-dealkylation sites (tertiary alicyclic amines) is 1. The summed E-state index contributed by atoms with van der Waals surface area (Å²) in [5, 5.41) is 15.9. The number of carbonyl (C=O) groups is 2. The van der Waals surface area contributed by atoms with Crippen molar-refractivity contribution >= 4 is 12.0 Å². The van der Waals surface area contributed by atoms with Gasteiger partial charge in [-0.3, -0.25) is 9.48 Å². The van der Waals surface area contributed by atoms with Crippen LogP contribution in [0.1, 0.15) is 37.4 Å². The van der Waals surface area contributed by atoms with E-state index >= 15 is 0 Å². The molecular weight excluding hydrogens is 353 g/mol. The van der Waals surface area contributed by atoms with E-state index in [0.29, 0.717) is 11.7 Å². The quantitative estimate of drug-likeness (QED) is 0.847. The van der Waals surface area contributed by atoms with Gasteiger partial charge in [-0.05, 0) is 18.9 Å². The molecule has 1 aromatic rings. The van der Waals surface area contributed by atoms with Gasteiger partial charge in [-0.2, -0.15) is 18.3 Å². The lowest BCUT2D eigenvalue weighted by atomic mass is 9.96. The Hall–Kier alpha value is -2.26. The number of nitrogens with zero attached hydrogens (tertiary/aromatic N) is 3. The van der Waals surface area contributed by atoms with Gasteiger partial charge in [-0.1, -0.05) is 12.8 Å². The maximum atomic E-state index is 13.0.